The van der Waals surface area contributed by atoms with Gasteiger partial charge in [0, 0.05) is 9.13 Å². The topological polar surface area (TPSA) is 56.3 Å². The molecule has 15 heavy (non-hydrogen) atoms. The Kier molecular flexibility index (Phi) is 3.52. The average Bonchev–Trinajstić information content (AvgIpc) is 2.58. The van der Waals surface area contributed by atoms with E-state index >= 15 is 0 Å². The second kappa shape index (κ2) is 4.55. The van der Waals surface area contributed by atoms with Crippen LogP contribution in [0.15, 0.2) is 12.1 Å². The summed E-state index contributed by atoms with van der Waals surface area (Å²) in [6.07, 6.45) is -0.180. The number of hydrazine groups is 1. The predicted molar refractivity (Wildman–Crippen MR) is 78.3 cm³/mol. The quantitative estimate of drug-likeness (QED) is 0.390. The van der Waals surface area contributed by atoms with Crippen LogP contribution in [0.1, 0.15) is 11.7 Å². The maximum absolute atomic E-state index is 9.91. The molecular weight excluding hydrogens is 440 g/mol. The van der Waals surface area contributed by atoms with Gasteiger partial charge in [0.05, 0.1) is 3.57 Å². The van der Waals surface area contributed by atoms with Crippen LogP contribution >= 0.6 is 57.4 Å². The molecule has 0 radical (unpaired) electrons. The molecule has 1 unspecified atom stereocenters. The zero-order chi connectivity index (χ0) is 11.0. The number of thiocarbonyl (C=S) groups is 1. The molecule has 1 saturated heterocycles. The monoisotopic (exact) mass is 447 g/mol. The summed E-state index contributed by atoms with van der Waals surface area (Å²) in [6.45, 7) is 0. The standard InChI is InChI=1S/C8H7I2N3OS/c9-3-1-4(6(14)5(10)2-3)7-11-8(15)13-12-7/h1-2,7,12,14H,(H2,11,13,15). The molecule has 0 saturated carbocycles. The number of nitrogens with one attached hydrogen (secondary N) is 3. The molecule has 1 aromatic carbocycles. The third kappa shape index (κ3) is 2.45. The van der Waals surface area contributed by atoms with Gasteiger partial charge in [-0.15, -0.1) is 0 Å². The molecule has 0 aliphatic carbocycles. The molecule has 4 nitrogen and oxygen atoms in total. The highest BCUT2D eigenvalue weighted by Gasteiger charge is 2.22. The largest absolute Gasteiger partial charge is 0.506 e. The summed E-state index contributed by atoms with van der Waals surface area (Å²) < 4.78 is 1.90. The van der Waals surface area contributed by atoms with E-state index in [1.807, 2.05) is 12.1 Å². The summed E-state index contributed by atoms with van der Waals surface area (Å²) in [6, 6.07) is 3.83. The summed E-state index contributed by atoms with van der Waals surface area (Å²) in [5.41, 5.74) is 6.53. The SMILES string of the molecule is Oc1c(I)cc(I)cc1C1NNC(=S)N1. The highest BCUT2D eigenvalue weighted by Crippen LogP contribution is 2.30. The number of phenols is 1. The minimum atomic E-state index is -0.180. The number of rotatable bonds is 1. The van der Waals surface area contributed by atoms with Crippen LogP contribution in [-0.4, -0.2) is 10.2 Å². The van der Waals surface area contributed by atoms with Gasteiger partial charge in [0.25, 0.3) is 0 Å². The van der Waals surface area contributed by atoms with E-state index in [1.165, 1.54) is 0 Å². The Morgan fingerprint density at radius 1 is 1.33 bits per heavy atom. The van der Waals surface area contributed by atoms with Crippen molar-refractivity contribution < 1.29 is 5.11 Å². The van der Waals surface area contributed by atoms with Crippen LogP contribution in [-0.2, 0) is 0 Å². The highest BCUT2D eigenvalue weighted by atomic mass is 127. The van der Waals surface area contributed by atoms with E-state index in [4.69, 9.17) is 12.2 Å². The van der Waals surface area contributed by atoms with Crippen molar-refractivity contribution in [3.8, 4) is 5.75 Å². The van der Waals surface area contributed by atoms with Gasteiger partial charge in [-0.3, -0.25) is 5.43 Å². The normalized spacial score (nSPS) is 19.9. The van der Waals surface area contributed by atoms with E-state index in [1.54, 1.807) is 0 Å². The summed E-state index contributed by atoms with van der Waals surface area (Å²) in [7, 11) is 0. The molecule has 0 spiro atoms. The molecule has 1 atom stereocenters. The van der Waals surface area contributed by atoms with E-state index in [2.05, 4.69) is 61.4 Å². The highest BCUT2D eigenvalue weighted by molar-refractivity contribution is 14.1. The minimum Gasteiger partial charge on any atom is -0.506 e. The van der Waals surface area contributed by atoms with Gasteiger partial charge < -0.3 is 10.4 Å². The van der Waals surface area contributed by atoms with Gasteiger partial charge in [-0.2, -0.15) is 0 Å². The van der Waals surface area contributed by atoms with Gasteiger partial charge in [-0.1, -0.05) is 0 Å². The zero-order valence-electron chi connectivity index (χ0n) is 7.34. The average molecular weight is 447 g/mol. The van der Waals surface area contributed by atoms with Crippen molar-refractivity contribution >= 4 is 62.5 Å². The Hall–Kier alpha value is 0.130. The molecular formula is C8H7I2N3OS. The van der Waals surface area contributed by atoms with Crippen LogP contribution in [0.2, 0.25) is 0 Å². The van der Waals surface area contributed by atoms with Crippen LogP contribution < -0.4 is 16.2 Å². The van der Waals surface area contributed by atoms with Gasteiger partial charge >= 0.3 is 0 Å². The van der Waals surface area contributed by atoms with Crippen LogP contribution in [0, 0.1) is 7.14 Å². The van der Waals surface area contributed by atoms with Crippen molar-refractivity contribution in [2.24, 2.45) is 0 Å². The second-order valence-corrected chi connectivity index (χ2v) is 5.82. The van der Waals surface area contributed by atoms with Gasteiger partial charge in [0.2, 0.25) is 0 Å². The molecule has 1 aliphatic rings. The first-order valence-electron chi connectivity index (χ1n) is 4.08. The van der Waals surface area contributed by atoms with Crippen molar-refractivity contribution in [2.45, 2.75) is 6.17 Å². The minimum absolute atomic E-state index is 0.180. The summed E-state index contributed by atoms with van der Waals surface area (Å²) in [5.74, 6) is 0.285. The van der Waals surface area contributed by atoms with E-state index < -0.39 is 0 Å². The molecule has 1 heterocycles. The van der Waals surface area contributed by atoms with Crippen LogP contribution in [0.25, 0.3) is 0 Å². The van der Waals surface area contributed by atoms with E-state index in [0.29, 0.717) is 5.11 Å². The molecule has 1 fully saturated rings. The molecule has 80 valence electrons. The first-order valence-corrected chi connectivity index (χ1v) is 6.64. The number of hydrogen-bond donors (Lipinski definition) is 4. The molecule has 7 heteroatoms. The third-order valence-electron chi connectivity index (χ3n) is 1.97. The van der Waals surface area contributed by atoms with Gasteiger partial charge in [-0.05, 0) is 69.5 Å². The van der Waals surface area contributed by atoms with E-state index in [9.17, 15) is 5.11 Å². The fourth-order valence-corrected chi connectivity index (χ4v) is 3.37. The van der Waals surface area contributed by atoms with Crippen molar-refractivity contribution in [1.82, 2.24) is 16.2 Å². The predicted octanol–water partition coefficient (Wildman–Crippen LogP) is 1.58. The number of halogens is 2. The molecule has 1 aromatic rings. The van der Waals surface area contributed by atoms with E-state index in [-0.39, 0.29) is 11.9 Å². The Labute approximate surface area is 119 Å². The van der Waals surface area contributed by atoms with Crippen molar-refractivity contribution in [1.29, 1.82) is 0 Å². The van der Waals surface area contributed by atoms with E-state index in [0.717, 1.165) is 12.7 Å². The summed E-state index contributed by atoms with van der Waals surface area (Å²) in [4.78, 5) is 0. The summed E-state index contributed by atoms with van der Waals surface area (Å²) >= 11 is 9.25. The number of hydrogen-bond acceptors (Lipinski definition) is 3. The van der Waals surface area contributed by atoms with Crippen LogP contribution in [0.3, 0.4) is 0 Å². The molecule has 0 aromatic heterocycles. The molecule has 0 amide bonds. The van der Waals surface area contributed by atoms with Crippen molar-refractivity contribution in [3.05, 3.63) is 24.8 Å². The lowest BCUT2D eigenvalue weighted by molar-refractivity contribution is 0.444. The summed E-state index contributed by atoms with van der Waals surface area (Å²) in [5, 5.41) is 13.5. The third-order valence-corrected chi connectivity index (χ3v) is 3.64. The lowest BCUT2D eigenvalue weighted by Gasteiger charge is -2.13. The molecule has 4 N–H and O–H groups in total. The number of phenolic OH excluding ortho intramolecular Hbond substituents is 1. The van der Waals surface area contributed by atoms with Gasteiger partial charge in [0.15, 0.2) is 5.11 Å². The number of benzene rings is 1. The Morgan fingerprint density at radius 2 is 2.07 bits per heavy atom. The second-order valence-electron chi connectivity index (χ2n) is 3.00. The zero-order valence-corrected chi connectivity index (χ0v) is 12.5. The van der Waals surface area contributed by atoms with Gasteiger partial charge in [0.1, 0.15) is 11.9 Å². The Bertz CT molecular complexity index is 427. The Balaban J connectivity index is 2.39. The van der Waals surface area contributed by atoms with Gasteiger partial charge in [-0.25, -0.2) is 5.43 Å². The van der Waals surface area contributed by atoms with Crippen LogP contribution in [0.5, 0.6) is 5.75 Å². The maximum Gasteiger partial charge on any atom is 0.182 e. The molecule has 0 bridgehead atoms. The lowest BCUT2D eigenvalue weighted by atomic mass is 10.1. The molecule has 1 aliphatic heterocycles. The van der Waals surface area contributed by atoms with Crippen molar-refractivity contribution in [3.63, 3.8) is 0 Å². The van der Waals surface area contributed by atoms with Crippen LogP contribution in [0.4, 0.5) is 0 Å². The van der Waals surface area contributed by atoms with Crippen molar-refractivity contribution in [2.75, 3.05) is 0 Å². The molecule has 2 rings (SSSR count). The first kappa shape index (κ1) is 11.6. The smallest absolute Gasteiger partial charge is 0.182 e. The first-order chi connectivity index (χ1) is 7.08. The number of aromatic hydroxyl groups is 1. The lowest BCUT2D eigenvalue weighted by Crippen LogP contribution is -2.26. The Morgan fingerprint density at radius 3 is 2.67 bits per heavy atom. The fourth-order valence-electron chi connectivity index (χ4n) is 1.30. The fraction of sp³-hybridized carbons (Fsp3) is 0.125. The maximum atomic E-state index is 9.91.